The fourth-order valence-corrected chi connectivity index (χ4v) is 5.55. The van der Waals surface area contributed by atoms with Gasteiger partial charge < -0.3 is 9.64 Å². The molecule has 2 heteroatoms. The third-order valence-corrected chi connectivity index (χ3v) is 6.73. The van der Waals surface area contributed by atoms with Crippen molar-refractivity contribution in [2.45, 2.75) is 58.9 Å². The highest BCUT2D eigenvalue weighted by Gasteiger charge is 2.56. The third-order valence-electron chi connectivity index (χ3n) is 6.73. The first kappa shape index (κ1) is 17.7. The molecule has 1 saturated heterocycles. The minimum absolute atomic E-state index is 0.817. The maximum absolute atomic E-state index is 6.06. The average molecular weight is 352 g/mol. The number of fused-ring (bicyclic) bond motifs is 6. The zero-order valence-corrected chi connectivity index (χ0v) is 16.6. The molecular formula is C24H33NO. The summed E-state index contributed by atoms with van der Waals surface area (Å²) in [6.45, 7) is 8.30. The highest BCUT2D eigenvalue weighted by Crippen LogP contribution is 2.57. The lowest BCUT2D eigenvalue weighted by molar-refractivity contribution is 0.200. The standard InChI is InChI=1S/C22H27NO.C2H6/c1-2-3-12-24-21-11-10-20(17-6-4-5-7-18(17)21)23-14-19-15-8-9-16(13-15)22(19)23;1-2/h4-7,10-11,15-16,19,22H,2-3,8-9,12-14H2,1H3;1-2H3. The van der Waals surface area contributed by atoms with E-state index in [9.17, 15) is 0 Å². The van der Waals surface area contributed by atoms with Crippen LogP contribution in [0.3, 0.4) is 0 Å². The third kappa shape index (κ3) is 2.78. The van der Waals surface area contributed by atoms with Crippen LogP contribution in [0.5, 0.6) is 5.75 Å². The number of benzene rings is 2. The number of hydrogen-bond acceptors (Lipinski definition) is 2. The zero-order chi connectivity index (χ0) is 18.1. The van der Waals surface area contributed by atoms with E-state index in [1.807, 2.05) is 13.8 Å². The molecule has 1 heterocycles. The number of hydrogen-bond donors (Lipinski definition) is 0. The minimum Gasteiger partial charge on any atom is -0.493 e. The van der Waals surface area contributed by atoms with Crippen LogP contribution in [-0.4, -0.2) is 19.2 Å². The summed E-state index contributed by atoms with van der Waals surface area (Å²) >= 11 is 0. The van der Waals surface area contributed by atoms with Gasteiger partial charge in [-0.1, -0.05) is 51.5 Å². The van der Waals surface area contributed by atoms with Gasteiger partial charge in [0.1, 0.15) is 5.75 Å². The molecule has 26 heavy (non-hydrogen) atoms. The van der Waals surface area contributed by atoms with Crippen molar-refractivity contribution < 1.29 is 4.74 Å². The van der Waals surface area contributed by atoms with Gasteiger partial charge in [0.15, 0.2) is 0 Å². The predicted octanol–water partition coefficient (Wildman–Crippen LogP) is 6.28. The molecule has 0 amide bonds. The lowest BCUT2D eigenvalue weighted by atomic mass is 9.76. The second-order valence-electron chi connectivity index (χ2n) is 7.97. The van der Waals surface area contributed by atoms with Crippen LogP contribution in [-0.2, 0) is 0 Å². The predicted molar refractivity (Wildman–Crippen MR) is 111 cm³/mol. The summed E-state index contributed by atoms with van der Waals surface area (Å²) in [5.41, 5.74) is 1.43. The molecule has 4 atom stereocenters. The van der Waals surface area contributed by atoms with E-state index >= 15 is 0 Å². The Morgan fingerprint density at radius 3 is 2.54 bits per heavy atom. The van der Waals surface area contributed by atoms with Crippen molar-refractivity contribution in [2.24, 2.45) is 17.8 Å². The summed E-state index contributed by atoms with van der Waals surface area (Å²) in [5, 5.41) is 2.64. The lowest BCUT2D eigenvalue weighted by Gasteiger charge is -2.52. The van der Waals surface area contributed by atoms with Crippen LogP contribution in [0.4, 0.5) is 5.69 Å². The molecule has 4 unspecified atom stereocenters. The summed E-state index contributed by atoms with van der Waals surface area (Å²) in [5.74, 6) is 4.00. The second kappa shape index (κ2) is 7.50. The summed E-state index contributed by atoms with van der Waals surface area (Å²) in [6.07, 6.45) is 6.73. The Morgan fingerprint density at radius 2 is 1.77 bits per heavy atom. The molecule has 2 bridgehead atoms. The van der Waals surface area contributed by atoms with Crippen LogP contribution >= 0.6 is 0 Å². The first-order valence-corrected chi connectivity index (χ1v) is 10.8. The van der Waals surface area contributed by atoms with Gasteiger partial charge in [-0.2, -0.15) is 0 Å². The molecule has 3 aliphatic rings. The van der Waals surface area contributed by atoms with Gasteiger partial charge in [-0.05, 0) is 55.6 Å². The Morgan fingerprint density at radius 1 is 1.00 bits per heavy atom. The van der Waals surface area contributed by atoms with Gasteiger partial charge in [-0.3, -0.25) is 0 Å². The van der Waals surface area contributed by atoms with E-state index in [0.717, 1.165) is 42.6 Å². The van der Waals surface area contributed by atoms with Crippen molar-refractivity contribution in [1.82, 2.24) is 0 Å². The highest BCUT2D eigenvalue weighted by atomic mass is 16.5. The molecule has 3 fully saturated rings. The molecule has 2 nitrogen and oxygen atoms in total. The molecule has 140 valence electrons. The Labute approximate surface area is 158 Å². The molecule has 0 aromatic heterocycles. The summed E-state index contributed by atoms with van der Waals surface area (Å²) in [7, 11) is 0. The zero-order valence-electron chi connectivity index (χ0n) is 16.6. The SMILES string of the molecule is CC.CCCCOc1ccc(N2CC3C4CCC(C4)C32)c2ccccc12. The Balaban J connectivity index is 0.000000814. The van der Waals surface area contributed by atoms with Gasteiger partial charge in [0, 0.05) is 29.0 Å². The molecule has 0 N–H and O–H groups in total. The molecule has 2 aliphatic carbocycles. The molecule has 2 saturated carbocycles. The topological polar surface area (TPSA) is 12.5 Å². The number of ether oxygens (including phenoxy) is 1. The van der Waals surface area contributed by atoms with Gasteiger partial charge in [-0.15, -0.1) is 0 Å². The average Bonchev–Trinajstić information content (AvgIpc) is 3.22. The van der Waals surface area contributed by atoms with Gasteiger partial charge >= 0.3 is 0 Å². The quantitative estimate of drug-likeness (QED) is 0.588. The first-order chi connectivity index (χ1) is 12.9. The van der Waals surface area contributed by atoms with E-state index in [1.54, 1.807) is 0 Å². The molecule has 2 aromatic rings. The Kier molecular flexibility index (Phi) is 5.11. The van der Waals surface area contributed by atoms with Gasteiger partial charge in [0.25, 0.3) is 0 Å². The summed E-state index contributed by atoms with van der Waals surface area (Å²) in [6, 6.07) is 14.1. The molecule has 5 rings (SSSR count). The fraction of sp³-hybridized carbons (Fsp3) is 0.583. The molecule has 0 spiro atoms. The van der Waals surface area contributed by atoms with E-state index in [0.29, 0.717) is 0 Å². The van der Waals surface area contributed by atoms with E-state index in [1.165, 1.54) is 48.7 Å². The maximum atomic E-state index is 6.06. The highest BCUT2D eigenvalue weighted by molar-refractivity contribution is 5.98. The van der Waals surface area contributed by atoms with Crippen molar-refractivity contribution in [1.29, 1.82) is 0 Å². The summed E-state index contributed by atoms with van der Waals surface area (Å²) < 4.78 is 6.06. The fourth-order valence-electron chi connectivity index (χ4n) is 5.55. The van der Waals surface area contributed by atoms with Crippen LogP contribution in [0.1, 0.15) is 52.9 Å². The van der Waals surface area contributed by atoms with Crippen molar-refractivity contribution in [3.63, 3.8) is 0 Å². The molecule has 0 radical (unpaired) electrons. The number of anilines is 1. The monoisotopic (exact) mass is 351 g/mol. The van der Waals surface area contributed by atoms with Crippen LogP contribution in [0.2, 0.25) is 0 Å². The molecular weight excluding hydrogens is 318 g/mol. The van der Waals surface area contributed by atoms with Gasteiger partial charge in [-0.25, -0.2) is 0 Å². The van der Waals surface area contributed by atoms with Crippen LogP contribution in [0.25, 0.3) is 10.8 Å². The normalized spacial score (nSPS) is 28.3. The van der Waals surface area contributed by atoms with Crippen LogP contribution < -0.4 is 9.64 Å². The number of nitrogens with zero attached hydrogens (tertiary/aromatic N) is 1. The smallest absolute Gasteiger partial charge is 0.127 e. The van der Waals surface area contributed by atoms with Crippen molar-refractivity contribution in [3.8, 4) is 5.75 Å². The van der Waals surface area contributed by atoms with Gasteiger partial charge in [0.2, 0.25) is 0 Å². The van der Waals surface area contributed by atoms with Crippen LogP contribution in [0, 0.1) is 17.8 Å². The minimum atomic E-state index is 0.817. The number of unbranched alkanes of at least 4 members (excludes halogenated alkanes) is 1. The largest absolute Gasteiger partial charge is 0.493 e. The van der Waals surface area contributed by atoms with E-state index < -0.39 is 0 Å². The molecule has 2 aromatic carbocycles. The maximum Gasteiger partial charge on any atom is 0.127 e. The van der Waals surface area contributed by atoms with Crippen LogP contribution in [0.15, 0.2) is 36.4 Å². The van der Waals surface area contributed by atoms with E-state index in [4.69, 9.17) is 4.74 Å². The summed E-state index contributed by atoms with van der Waals surface area (Å²) in [4.78, 5) is 2.70. The second-order valence-corrected chi connectivity index (χ2v) is 7.97. The Hall–Kier alpha value is -1.70. The van der Waals surface area contributed by atoms with Crippen molar-refractivity contribution >= 4 is 16.5 Å². The number of rotatable bonds is 5. The van der Waals surface area contributed by atoms with E-state index in [2.05, 4.69) is 48.2 Å². The lowest BCUT2D eigenvalue weighted by Crippen LogP contribution is -2.59. The Bertz CT molecular complexity index is 753. The van der Waals surface area contributed by atoms with Crippen molar-refractivity contribution in [2.75, 3.05) is 18.1 Å². The molecule has 1 aliphatic heterocycles. The van der Waals surface area contributed by atoms with Gasteiger partial charge in [0.05, 0.1) is 6.61 Å². The van der Waals surface area contributed by atoms with Crippen molar-refractivity contribution in [3.05, 3.63) is 36.4 Å². The van der Waals surface area contributed by atoms with E-state index in [-0.39, 0.29) is 0 Å². The first-order valence-electron chi connectivity index (χ1n) is 10.8.